The van der Waals surface area contributed by atoms with Crippen LogP contribution in [0.4, 0.5) is 5.95 Å². The average Bonchev–Trinajstić information content (AvgIpc) is 3.03. The van der Waals surface area contributed by atoms with Gasteiger partial charge in [-0.05, 0) is 12.5 Å². The molecular formula is C19H16N4O2. The van der Waals surface area contributed by atoms with Crippen LogP contribution >= 0.6 is 0 Å². The number of nitrogen functional groups attached to an aromatic ring is 1. The van der Waals surface area contributed by atoms with Gasteiger partial charge in [0, 0.05) is 17.0 Å². The Morgan fingerprint density at radius 1 is 1.20 bits per heavy atom. The Bertz CT molecular complexity index is 1090. The minimum Gasteiger partial charge on any atom is -0.462 e. The van der Waals surface area contributed by atoms with Gasteiger partial charge >= 0.3 is 5.97 Å². The number of hydrogen-bond donors (Lipinski definition) is 2. The first kappa shape index (κ1) is 15.1. The van der Waals surface area contributed by atoms with Crippen molar-refractivity contribution in [3.8, 4) is 11.3 Å². The van der Waals surface area contributed by atoms with E-state index in [1.54, 1.807) is 13.1 Å². The van der Waals surface area contributed by atoms with Crippen molar-refractivity contribution in [1.29, 1.82) is 0 Å². The first-order valence-electron chi connectivity index (χ1n) is 7.98. The Labute approximate surface area is 143 Å². The van der Waals surface area contributed by atoms with Gasteiger partial charge in [-0.15, -0.1) is 0 Å². The summed E-state index contributed by atoms with van der Waals surface area (Å²) in [5.74, 6) is -0.178. The Morgan fingerprint density at radius 2 is 2.00 bits per heavy atom. The molecule has 0 radical (unpaired) electrons. The van der Waals surface area contributed by atoms with Crippen molar-refractivity contribution in [1.82, 2.24) is 15.0 Å². The van der Waals surface area contributed by atoms with Gasteiger partial charge in [-0.25, -0.2) is 14.8 Å². The van der Waals surface area contributed by atoms with Crippen molar-refractivity contribution in [2.45, 2.75) is 6.92 Å². The monoisotopic (exact) mass is 332 g/mol. The van der Waals surface area contributed by atoms with Crippen molar-refractivity contribution >= 4 is 33.7 Å². The summed E-state index contributed by atoms with van der Waals surface area (Å²) >= 11 is 0. The molecule has 0 saturated carbocycles. The summed E-state index contributed by atoms with van der Waals surface area (Å²) in [4.78, 5) is 24.3. The number of carbonyl (C=O) groups is 1. The molecule has 2 aromatic heterocycles. The highest BCUT2D eigenvalue weighted by Crippen LogP contribution is 2.34. The van der Waals surface area contributed by atoms with E-state index in [2.05, 4.69) is 15.0 Å². The fourth-order valence-electron chi connectivity index (χ4n) is 3.00. The topological polar surface area (TPSA) is 93.9 Å². The zero-order valence-corrected chi connectivity index (χ0v) is 13.6. The van der Waals surface area contributed by atoms with E-state index >= 15 is 0 Å². The summed E-state index contributed by atoms with van der Waals surface area (Å²) in [7, 11) is 0. The maximum atomic E-state index is 12.6. The van der Waals surface area contributed by atoms with Crippen LogP contribution in [0.2, 0.25) is 0 Å². The highest BCUT2D eigenvalue weighted by Gasteiger charge is 2.22. The molecule has 0 amide bonds. The van der Waals surface area contributed by atoms with Gasteiger partial charge in [0.15, 0.2) is 0 Å². The second-order valence-electron chi connectivity index (χ2n) is 5.62. The summed E-state index contributed by atoms with van der Waals surface area (Å²) < 4.78 is 5.28. The smallest absolute Gasteiger partial charge is 0.340 e. The number of anilines is 1. The molecule has 0 aliphatic heterocycles. The molecule has 2 heterocycles. The number of aromatic amines is 1. The normalized spacial score (nSPS) is 11.1. The number of esters is 1. The van der Waals surface area contributed by atoms with Gasteiger partial charge in [-0.2, -0.15) is 0 Å². The zero-order valence-electron chi connectivity index (χ0n) is 13.6. The van der Waals surface area contributed by atoms with E-state index in [9.17, 15) is 4.79 Å². The number of fused-ring (bicyclic) bond motifs is 3. The molecule has 124 valence electrons. The van der Waals surface area contributed by atoms with Gasteiger partial charge < -0.3 is 15.5 Å². The molecule has 0 unspecified atom stereocenters. The number of carbonyl (C=O) groups excluding carboxylic acids is 1. The van der Waals surface area contributed by atoms with Crippen molar-refractivity contribution in [3.63, 3.8) is 0 Å². The summed E-state index contributed by atoms with van der Waals surface area (Å²) in [5, 5.41) is 1.60. The molecule has 4 rings (SSSR count). The van der Waals surface area contributed by atoms with Crippen LogP contribution in [0.25, 0.3) is 33.1 Å². The highest BCUT2D eigenvalue weighted by molar-refractivity contribution is 6.16. The number of nitrogens with zero attached hydrogens (tertiary/aromatic N) is 2. The lowest BCUT2D eigenvalue weighted by Gasteiger charge is -2.05. The molecular weight excluding hydrogens is 316 g/mol. The molecule has 0 bridgehead atoms. The Kier molecular flexibility index (Phi) is 3.57. The van der Waals surface area contributed by atoms with Crippen molar-refractivity contribution < 1.29 is 9.53 Å². The van der Waals surface area contributed by atoms with Crippen LogP contribution in [0, 0.1) is 0 Å². The number of benzene rings is 2. The van der Waals surface area contributed by atoms with E-state index < -0.39 is 0 Å². The van der Waals surface area contributed by atoms with Crippen LogP contribution in [0.15, 0.2) is 48.7 Å². The van der Waals surface area contributed by atoms with Crippen LogP contribution < -0.4 is 5.73 Å². The van der Waals surface area contributed by atoms with Crippen LogP contribution in [0.5, 0.6) is 0 Å². The highest BCUT2D eigenvalue weighted by atomic mass is 16.5. The number of hydrogen-bond acceptors (Lipinski definition) is 5. The average molecular weight is 332 g/mol. The molecule has 0 fully saturated rings. The first-order chi connectivity index (χ1) is 12.2. The van der Waals surface area contributed by atoms with E-state index in [1.807, 2.05) is 42.5 Å². The van der Waals surface area contributed by atoms with E-state index in [0.29, 0.717) is 23.4 Å². The van der Waals surface area contributed by atoms with E-state index in [-0.39, 0.29) is 11.9 Å². The predicted octanol–water partition coefficient (Wildman–Crippen LogP) is 3.54. The Balaban J connectivity index is 2.09. The number of nitrogens with two attached hydrogens (primary N) is 1. The molecule has 4 aromatic rings. The maximum Gasteiger partial charge on any atom is 0.340 e. The van der Waals surface area contributed by atoms with Gasteiger partial charge in [0.2, 0.25) is 5.95 Å². The van der Waals surface area contributed by atoms with E-state index in [1.165, 1.54) is 0 Å². The van der Waals surface area contributed by atoms with E-state index in [4.69, 9.17) is 10.5 Å². The van der Waals surface area contributed by atoms with Gasteiger partial charge in [-0.3, -0.25) is 0 Å². The van der Waals surface area contributed by atoms with Gasteiger partial charge in [0.05, 0.1) is 28.9 Å². The molecule has 0 atom stereocenters. The van der Waals surface area contributed by atoms with Crippen LogP contribution in [0.3, 0.4) is 0 Å². The van der Waals surface area contributed by atoms with Crippen LogP contribution in [-0.2, 0) is 4.74 Å². The predicted molar refractivity (Wildman–Crippen MR) is 97.2 cm³/mol. The van der Waals surface area contributed by atoms with Crippen LogP contribution in [-0.4, -0.2) is 27.5 Å². The molecule has 25 heavy (non-hydrogen) atoms. The number of nitrogens with one attached hydrogen (secondary N) is 1. The minimum absolute atomic E-state index is 0.188. The lowest BCUT2D eigenvalue weighted by Crippen LogP contribution is -2.05. The number of H-pyrrole nitrogens is 1. The zero-order chi connectivity index (χ0) is 17.4. The second-order valence-corrected chi connectivity index (χ2v) is 5.62. The molecule has 3 N–H and O–H groups in total. The Hall–Kier alpha value is -3.41. The van der Waals surface area contributed by atoms with Crippen molar-refractivity contribution in [2.24, 2.45) is 0 Å². The maximum absolute atomic E-state index is 12.6. The number of ether oxygens (including phenoxy) is 1. The fourth-order valence-corrected chi connectivity index (χ4v) is 3.00. The third kappa shape index (κ3) is 2.48. The molecule has 0 aliphatic carbocycles. The lowest BCUT2D eigenvalue weighted by molar-refractivity contribution is 0.0529. The van der Waals surface area contributed by atoms with Gasteiger partial charge in [0.1, 0.15) is 0 Å². The third-order valence-electron chi connectivity index (χ3n) is 4.08. The SMILES string of the molecule is CCOC(=O)c1c(-c2ccccc2)[nH]c2c1ccc1cnc(N)nc12. The van der Waals surface area contributed by atoms with Crippen LogP contribution in [0.1, 0.15) is 17.3 Å². The summed E-state index contributed by atoms with van der Waals surface area (Å²) in [6.07, 6.45) is 1.67. The molecule has 6 heteroatoms. The van der Waals surface area contributed by atoms with Crippen molar-refractivity contribution in [2.75, 3.05) is 12.3 Å². The summed E-state index contributed by atoms with van der Waals surface area (Å²) in [6, 6.07) is 13.4. The largest absolute Gasteiger partial charge is 0.462 e. The summed E-state index contributed by atoms with van der Waals surface area (Å²) in [5.41, 5.74) is 9.28. The number of aromatic nitrogens is 3. The Morgan fingerprint density at radius 3 is 2.76 bits per heavy atom. The third-order valence-corrected chi connectivity index (χ3v) is 4.08. The molecule has 0 aliphatic rings. The van der Waals surface area contributed by atoms with Gasteiger partial charge in [0.25, 0.3) is 0 Å². The number of rotatable bonds is 3. The molecule has 2 aromatic carbocycles. The van der Waals surface area contributed by atoms with Crippen molar-refractivity contribution in [3.05, 3.63) is 54.2 Å². The first-order valence-corrected chi connectivity index (χ1v) is 7.98. The second kappa shape index (κ2) is 5.90. The van der Waals surface area contributed by atoms with E-state index in [0.717, 1.165) is 21.9 Å². The fraction of sp³-hybridized carbons (Fsp3) is 0.105. The lowest BCUT2D eigenvalue weighted by atomic mass is 10.0. The quantitative estimate of drug-likeness (QED) is 0.560. The summed E-state index contributed by atoms with van der Waals surface area (Å²) in [6.45, 7) is 2.10. The minimum atomic E-state index is -0.367. The van der Waals surface area contributed by atoms with Gasteiger partial charge in [-0.1, -0.05) is 42.5 Å². The standard InChI is InChI=1S/C19H16N4O2/c1-2-25-18(24)14-13-9-8-12-10-21-19(20)23-16(12)17(13)22-15(14)11-6-4-3-5-7-11/h3-10,22H,2H2,1H3,(H2,20,21,23). The molecule has 0 spiro atoms. The molecule has 0 saturated heterocycles. The molecule has 6 nitrogen and oxygen atoms in total.